The lowest BCUT2D eigenvalue weighted by molar-refractivity contribution is -0.183. The van der Waals surface area contributed by atoms with Gasteiger partial charge in [0.05, 0.1) is 23.9 Å². The minimum absolute atomic E-state index is 0.176. The molecule has 10 nitrogen and oxygen atoms in total. The van der Waals surface area contributed by atoms with Gasteiger partial charge in [-0.15, -0.1) is 0 Å². The van der Waals surface area contributed by atoms with Gasteiger partial charge in [-0.25, -0.2) is 4.63 Å². The van der Waals surface area contributed by atoms with Crippen LogP contribution >= 0.6 is 0 Å². The number of rotatable bonds is 3. The zero-order chi connectivity index (χ0) is 20.5. The summed E-state index contributed by atoms with van der Waals surface area (Å²) in [6.07, 6.45) is 4.37. The normalized spacial score (nSPS) is 26.3. The number of hydrogen-bond acceptors (Lipinski definition) is 8. The highest BCUT2D eigenvalue weighted by atomic mass is 16.6. The molecule has 1 spiro atoms. The number of ether oxygens (including phenoxy) is 1. The van der Waals surface area contributed by atoms with Crippen LogP contribution < -0.4 is 5.32 Å². The first kappa shape index (κ1) is 19.5. The van der Waals surface area contributed by atoms with E-state index in [-0.39, 0.29) is 29.8 Å². The molecule has 2 aromatic rings. The topological polar surface area (TPSA) is 131 Å². The second kappa shape index (κ2) is 7.53. The number of carbonyl (C=O) groups excluding carboxylic acids is 2. The summed E-state index contributed by atoms with van der Waals surface area (Å²) in [6.45, 7) is 2.85. The number of likely N-dealkylation sites (tertiary alicyclic amines) is 1. The van der Waals surface area contributed by atoms with Crippen molar-refractivity contribution in [3.8, 4) is 0 Å². The van der Waals surface area contributed by atoms with E-state index in [1.165, 1.54) is 6.20 Å². The van der Waals surface area contributed by atoms with Crippen molar-refractivity contribution in [2.45, 2.75) is 43.4 Å². The summed E-state index contributed by atoms with van der Waals surface area (Å²) in [5, 5.41) is 20.9. The molecule has 2 fully saturated rings. The third kappa shape index (κ3) is 3.99. The average Bonchev–Trinajstić information content (AvgIpc) is 3.25. The molecule has 4 heterocycles. The minimum atomic E-state index is -1.15. The molecule has 2 atom stereocenters. The number of pyridine rings is 1. The lowest BCUT2D eigenvalue weighted by Gasteiger charge is -2.51. The predicted octanol–water partition coefficient (Wildman–Crippen LogP) is 0.409. The summed E-state index contributed by atoms with van der Waals surface area (Å²) >= 11 is 0. The Morgan fingerprint density at radius 2 is 2.07 bits per heavy atom. The van der Waals surface area contributed by atoms with Crippen molar-refractivity contribution in [3.05, 3.63) is 42.0 Å². The van der Waals surface area contributed by atoms with Gasteiger partial charge >= 0.3 is 0 Å². The smallest absolute Gasteiger partial charge is 0.277 e. The molecule has 154 valence electrons. The maximum Gasteiger partial charge on any atom is 0.277 e. The minimum Gasteiger partial charge on any atom is -0.388 e. The monoisotopic (exact) mass is 401 g/mol. The highest BCUT2D eigenvalue weighted by Gasteiger charge is 2.50. The summed E-state index contributed by atoms with van der Waals surface area (Å²) in [5.74, 6) is -0.582. The highest BCUT2D eigenvalue weighted by Crippen LogP contribution is 2.39. The highest BCUT2D eigenvalue weighted by molar-refractivity contribution is 5.92. The summed E-state index contributed by atoms with van der Waals surface area (Å²) in [7, 11) is 0. The predicted molar refractivity (Wildman–Crippen MR) is 98.9 cm³/mol. The fourth-order valence-corrected chi connectivity index (χ4v) is 4.05. The molecule has 2 saturated heterocycles. The number of piperidine rings is 1. The zero-order valence-corrected chi connectivity index (χ0v) is 16.1. The molecule has 0 aliphatic carbocycles. The molecular formula is C19H23N5O5. The van der Waals surface area contributed by atoms with E-state index in [9.17, 15) is 14.7 Å². The van der Waals surface area contributed by atoms with E-state index in [1.54, 1.807) is 36.2 Å². The molecule has 4 rings (SSSR count). The van der Waals surface area contributed by atoms with Crippen molar-refractivity contribution >= 4 is 11.8 Å². The molecule has 2 aliphatic heterocycles. The fraction of sp³-hybridized carbons (Fsp3) is 0.526. The first-order valence-corrected chi connectivity index (χ1v) is 9.54. The van der Waals surface area contributed by atoms with Gasteiger partial charge in [0.25, 0.3) is 11.8 Å². The van der Waals surface area contributed by atoms with Crippen LogP contribution in [0.25, 0.3) is 0 Å². The fourth-order valence-electron chi connectivity index (χ4n) is 4.05. The van der Waals surface area contributed by atoms with Gasteiger partial charge in [-0.1, -0.05) is 11.2 Å². The van der Waals surface area contributed by atoms with Crippen molar-refractivity contribution < 1.29 is 24.1 Å². The summed E-state index contributed by atoms with van der Waals surface area (Å²) in [5.41, 5.74) is -1.22. The van der Waals surface area contributed by atoms with Crippen molar-refractivity contribution in [1.82, 2.24) is 25.5 Å². The van der Waals surface area contributed by atoms with Crippen LogP contribution in [0.15, 0.2) is 35.2 Å². The van der Waals surface area contributed by atoms with Crippen LogP contribution in [0.5, 0.6) is 0 Å². The Morgan fingerprint density at radius 3 is 2.69 bits per heavy atom. The quantitative estimate of drug-likeness (QED) is 0.756. The SMILES string of the molecule is C[C@]1(O)CC2(CCN(C(=O)c3cnon3)CC2)OC[C@@H]1NC(=O)c1ccccn1. The second-order valence-corrected chi connectivity index (χ2v) is 7.85. The number of aromatic nitrogens is 3. The molecule has 0 unspecified atom stereocenters. The van der Waals surface area contributed by atoms with Gasteiger partial charge in [-0.2, -0.15) is 0 Å². The Hall–Kier alpha value is -2.85. The van der Waals surface area contributed by atoms with Crippen molar-refractivity contribution in [1.29, 1.82) is 0 Å². The van der Waals surface area contributed by atoms with Gasteiger partial charge in [0.15, 0.2) is 5.69 Å². The van der Waals surface area contributed by atoms with Crippen molar-refractivity contribution in [2.75, 3.05) is 19.7 Å². The Kier molecular flexibility index (Phi) is 5.05. The Morgan fingerprint density at radius 1 is 1.28 bits per heavy atom. The number of hydrogen-bond donors (Lipinski definition) is 2. The lowest BCUT2D eigenvalue weighted by Crippen LogP contribution is -2.64. The first-order valence-electron chi connectivity index (χ1n) is 9.54. The molecule has 0 saturated carbocycles. The molecule has 0 radical (unpaired) electrons. The molecule has 29 heavy (non-hydrogen) atoms. The Balaban J connectivity index is 1.37. The van der Waals surface area contributed by atoms with Crippen LogP contribution in [0, 0.1) is 0 Å². The maximum absolute atomic E-state index is 12.4. The lowest BCUT2D eigenvalue weighted by atomic mass is 9.75. The van der Waals surface area contributed by atoms with E-state index < -0.39 is 17.2 Å². The average molecular weight is 401 g/mol. The molecule has 10 heteroatoms. The van der Waals surface area contributed by atoms with Gasteiger partial charge < -0.3 is 20.1 Å². The van der Waals surface area contributed by atoms with E-state index >= 15 is 0 Å². The van der Waals surface area contributed by atoms with Gasteiger partial charge in [-0.3, -0.25) is 14.6 Å². The second-order valence-electron chi connectivity index (χ2n) is 7.85. The van der Waals surface area contributed by atoms with Gasteiger partial charge in [0, 0.05) is 25.7 Å². The van der Waals surface area contributed by atoms with Crippen molar-refractivity contribution in [3.63, 3.8) is 0 Å². The van der Waals surface area contributed by atoms with E-state index in [4.69, 9.17) is 4.74 Å². The first-order chi connectivity index (χ1) is 13.9. The maximum atomic E-state index is 12.4. The standard InChI is InChI=1S/C19H23N5O5/c1-18(27)12-19(5-8-24(9-6-19)17(26)14-10-21-29-23-14)28-11-15(18)22-16(25)13-4-2-3-7-20-13/h2-4,7,10,15,27H,5-6,8-9,11-12H2,1H3,(H,22,25)/t15-,18-/m0/s1. The molecule has 2 N–H and O–H groups in total. The van der Waals surface area contributed by atoms with Crippen LogP contribution in [-0.4, -0.2) is 74.1 Å². The molecule has 2 aliphatic rings. The number of carbonyl (C=O) groups is 2. The van der Waals surface area contributed by atoms with Crippen LogP contribution in [0.2, 0.25) is 0 Å². The van der Waals surface area contributed by atoms with E-state index in [0.717, 1.165) is 0 Å². The summed E-state index contributed by atoms with van der Waals surface area (Å²) in [6, 6.07) is 4.53. The Labute approximate surface area is 167 Å². The van der Waals surface area contributed by atoms with E-state index in [0.29, 0.717) is 32.4 Å². The molecule has 0 aromatic carbocycles. The Bertz CT molecular complexity index is 862. The number of nitrogens with zero attached hydrogens (tertiary/aromatic N) is 4. The van der Waals surface area contributed by atoms with Gasteiger partial charge in [0.1, 0.15) is 11.9 Å². The molecule has 0 bridgehead atoms. The molecular weight excluding hydrogens is 378 g/mol. The van der Waals surface area contributed by atoms with Crippen LogP contribution in [0.3, 0.4) is 0 Å². The molecule has 2 amide bonds. The van der Waals surface area contributed by atoms with E-state index in [2.05, 4.69) is 25.2 Å². The largest absolute Gasteiger partial charge is 0.388 e. The van der Waals surface area contributed by atoms with Crippen LogP contribution in [-0.2, 0) is 4.74 Å². The van der Waals surface area contributed by atoms with Crippen LogP contribution in [0.1, 0.15) is 47.2 Å². The zero-order valence-electron chi connectivity index (χ0n) is 16.1. The van der Waals surface area contributed by atoms with E-state index in [1.807, 2.05) is 0 Å². The summed E-state index contributed by atoms with van der Waals surface area (Å²) in [4.78, 5) is 30.5. The van der Waals surface area contributed by atoms with Gasteiger partial charge in [-0.05, 0) is 37.1 Å². The number of nitrogens with one attached hydrogen (secondary N) is 1. The van der Waals surface area contributed by atoms with Gasteiger partial charge in [0.2, 0.25) is 0 Å². The molecule has 2 aromatic heterocycles. The number of aliphatic hydroxyl groups is 1. The van der Waals surface area contributed by atoms with Crippen molar-refractivity contribution in [2.24, 2.45) is 0 Å². The number of amides is 2. The third-order valence-corrected chi connectivity index (χ3v) is 5.73. The summed E-state index contributed by atoms with van der Waals surface area (Å²) < 4.78 is 10.6. The third-order valence-electron chi connectivity index (χ3n) is 5.73. The van der Waals surface area contributed by atoms with Crippen LogP contribution in [0.4, 0.5) is 0 Å².